The Morgan fingerprint density at radius 1 is 1.04 bits per heavy atom. The van der Waals surface area contributed by atoms with E-state index in [-0.39, 0.29) is 12.5 Å². The molecule has 0 bridgehead atoms. The highest BCUT2D eigenvalue weighted by atomic mass is 19.4. The maximum absolute atomic E-state index is 13.0. The number of aliphatic carboxylic acids is 1. The van der Waals surface area contributed by atoms with Crippen LogP contribution in [0.4, 0.5) is 18.0 Å². The van der Waals surface area contributed by atoms with Crippen molar-refractivity contribution in [3.63, 3.8) is 0 Å². The number of nitrogens with one attached hydrogen (secondary N) is 2. The van der Waals surface area contributed by atoms with Crippen LogP contribution in [0.25, 0.3) is 10.9 Å². The van der Waals surface area contributed by atoms with Gasteiger partial charge in [0.05, 0.1) is 11.4 Å². The van der Waals surface area contributed by atoms with Gasteiger partial charge in [-0.05, 0) is 70.5 Å². The minimum absolute atomic E-state index is 0.00218. The average Bonchev–Trinajstić information content (AvgIpc) is 2.98. The van der Waals surface area contributed by atoms with Crippen molar-refractivity contribution in [3.8, 4) is 5.75 Å². The molecule has 3 aromatic rings. The zero-order chi connectivity index (χ0) is 34.2. The number of piperidine rings is 1. The van der Waals surface area contributed by atoms with Crippen molar-refractivity contribution >= 4 is 34.8 Å². The number of halogens is 3. The summed E-state index contributed by atoms with van der Waals surface area (Å²) in [6.45, 7) is 7.87. The standard InChI is InChI=1S/C29H34N4O6.C2HF3O2/c1-18-15-20(22-7-5-6-8-24(22)30-18)17-38-21-11-9-19(10-12-21)26(34)31-25-13-14-33(16-23(25)27(35)32-37)28(36)39-29(2,3)4;3-2(4,5)1(6)7/h5-12,15,23,25,37H,13-14,16-17H2,1-4H3,(H,31,34)(H,32,35);(H,6,7)/t23-,25+;/m0./s1. The first-order valence-corrected chi connectivity index (χ1v) is 14.1. The normalized spacial score (nSPS) is 16.5. The lowest BCUT2D eigenvalue weighted by Gasteiger charge is -2.38. The monoisotopic (exact) mass is 648 g/mol. The van der Waals surface area contributed by atoms with Gasteiger partial charge in [0.15, 0.2) is 0 Å². The summed E-state index contributed by atoms with van der Waals surface area (Å²) in [5, 5.41) is 20.3. The Kier molecular flexibility index (Phi) is 11.5. The molecule has 0 saturated carbocycles. The Labute approximate surface area is 262 Å². The summed E-state index contributed by atoms with van der Waals surface area (Å²) in [5.74, 6) is -4.05. The molecule has 0 unspecified atom stereocenters. The number of hydrogen-bond donors (Lipinski definition) is 4. The molecule has 2 heterocycles. The molecule has 2 aromatic carbocycles. The number of hydroxylamine groups is 1. The third-order valence-corrected chi connectivity index (χ3v) is 6.71. The fraction of sp³-hybridized carbons (Fsp3) is 0.387. The molecule has 0 radical (unpaired) electrons. The van der Waals surface area contributed by atoms with Crippen LogP contribution in [0.5, 0.6) is 5.75 Å². The number of carbonyl (C=O) groups excluding carboxylic acids is 3. The molecule has 1 aliphatic rings. The van der Waals surface area contributed by atoms with Crippen LogP contribution in [-0.2, 0) is 20.9 Å². The molecular weight excluding hydrogens is 613 g/mol. The van der Waals surface area contributed by atoms with Gasteiger partial charge >= 0.3 is 18.2 Å². The summed E-state index contributed by atoms with van der Waals surface area (Å²) in [4.78, 5) is 52.7. The van der Waals surface area contributed by atoms with Crippen LogP contribution in [0.3, 0.4) is 0 Å². The molecule has 15 heteroatoms. The van der Waals surface area contributed by atoms with E-state index < -0.39 is 41.7 Å². The molecule has 1 aromatic heterocycles. The van der Waals surface area contributed by atoms with Crippen LogP contribution >= 0.6 is 0 Å². The maximum atomic E-state index is 13.0. The van der Waals surface area contributed by atoms with Gasteiger partial charge in [0.1, 0.15) is 18.0 Å². The Morgan fingerprint density at radius 3 is 2.26 bits per heavy atom. The number of hydrogen-bond acceptors (Lipinski definition) is 8. The number of ether oxygens (including phenoxy) is 2. The molecule has 0 aliphatic carbocycles. The minimum Gasteiger partial charge on any atom is -0.489 e. The quantitative estimate of drug-likeness (QED) is 0.220. The van der Waals surface area contributed by atoms with E-state index in [0.29, 0.717) is 30.9 Å². The largest absolute Gasteiger partial charge is 0.490 e. The number of rotatable bonds is 6. The van der Waals surface area contributed by atoms with E-state index in [9.17, 15) is 32.8 Å². The van der Waals surface area contributed by atoms with Gasteiger partial charge in [-0.25, -0.2) is 15.1 Å². The number of carbonyl (C=O) groups is 4. The molecule has 1 saturated heterocycles. The Balaban J connectivity index is 0.000000738. The van der Waals surface area contributed by atoms with Gasteiger partial charge in [-0.2, -0.15) is 13.2 Å². The van der Waals surface area contributed by atoms with Crippen molar-refractivity contribution in [2.75, 3.05) is 13.1 Å². The number of amides is 3. The Morgan fingerprint density at radius 2 is 1.67 bits per heavy atom. The van der Waals surface area contributed by atoms with Crippen molar-refractivity contribution < 1.29 is 52.1 Å². The van der Waals surface area contributed by atoms with E-state index in [2.05, 4.69) is 10.3 Å². The van der Waals surface area contributed by atoms with Gasteiger partial charge in [0, 0.05) is 41.3 Å². The second kappa shape index (κ2) is 14.9. The molecular formula is C31H35F3N4O8. The molecule has 1 aliphatic heterocycles. The van der Waals surface area contributed by atoms with Crippen LogP contribution < -0.4 is 15.5 Å². The Hall–Kier alpha value is -4.92. The van der Waals surface area contributed by atoms with Gasteiger partial charge in [-0.1, -0.05) is 18.2 Å². The average molecular weight is 649 g/mol. The van der Waals surface area contributed by atoms with Gasteiger partial charge < -0.3 is 24.8 Å². The topological polar surface area (TPSA) is 167 Å². The summed E-state index contributed by atoms with van der Waals surface area (Å²) in [6, 6.07) is 16.0. The summed E-state index contributed by atoms with van der Waals surface area (Å²) >= 11 is 0. The van der Waals surface area contributed by atoms with Crippen molar-refractivity contribution in [3.05, 3.63) is 71.4 Å². The molecule has 2 atom stereocenters. The van der Waals surface area contributed by atoms with Gasteiger partial charge in [-0.15, -0.1) is 0 Å². The lowest BCUT2D eigenvalue weighted by atomic mass is 9.91. The van der Waals surface area contributed by atoms with Gasteiger partial charge in [0.25, 0.3) is 5.91 Å². The van der Waals surface area contributed by atoms with Crippen LogP contribution in [0.15, 0.2) is 54.6 Å². The van der Waals surface area contributed by atoms with Gasteiger partial charge in [-0.3, -0.25) is 19.8 Å². The second-order valence-corrected chi connectivity index (χ2v) is 11.4. The SMILES string of the molecule is Cc1cc(COc2ccc(C(=O)N[C@@H]3CCN(C(=O)OC(C)(C)C)C[C@@H]3C(=O)NO)cc2)c2ccccc2n1.O=C(O)C(F)(F)F. The number of nitrogens with zero attached hydrogens (tertiary/aromatic N) is 2. The lowest BCUT2D eigenvalue weighted by Crippen LogP contribution is -2.57. The summed E-state index contributed by atoms with van der Waals surface area (Å²) in [6.07, 6.45) is -5.31. The number of benzene rings is 2. The van der Waals surface area contributed by atoms with E-state index in [1.807, 2.05) is 37.3 Å². The van der Waals surface area contributed by atoms with Crippen molar-refractivity contribution in [1.82, 2.24) is 20.7 Å². The van der Waals surface area contributed by atoms with Crippen molar-refractivity contribution in [2.45, 2.75) is 58.5 Å². The summed E-state index contributed by atoms with van der Waals surface area (Å²) in [7, 11) is 0. The predicted molar refractivity (Wildman–Crippen MR) is 158 cm³/mol. The van der Waals surface area contributed by atoms with Crippen LogP contribution in [0, 0.1) is 12.8 Å². The lowest BCUT2D eigenvalue weighted by molar-refractivity contribution is -0.192. The molecule has 248 valence electrons. The van der Waals surface area contributed by atoms with Crippen molar-refractivity contribution in [1.29, 1.82) is 0 Å². The molecule has 4 N–H and O–H groups in total. The first kappa shape index (κ1) is 35.6. The number of para-hydroxylation sites is 1. The van der Waals surface area contributed by atoms with Crippen molar-refractivity contribution in [2.24, 2.45) is 5.92 Å². The molecule has 1 fully saturated rings. The van der Waals surface area contributed by atoms with E-state index in [1.54, 1.807) is 50.5 Å². The van der Waals surface area contributed by atoms with Crippen LogP contribution in [0.2, 0.25) is 0 Å². The number of fused-ring (bicyclic) bond motifs is 1. The fourth-order valence-corrected chi connectivity index (χ4v) is 4.60. The number of aromatic nitrogens is 1. The number of pyridine rings is 1. The highest BCUT2D eigenvalue weighted by Gasteiger charge is 2.39. The van der Waals surface area contributed by atoms with Crippen LogP contribution in [0.1, 0.15) is 48.8 Å². The van der Waals surface area contributed by atoms with Gasteiger partial charge in [0.2, 0.25) is 5.91 Å². The first-order chi connectivity index (χ1) is 21.5. The van der Waals surface area contributed by atoms with Crippen LogP contribution in [-0.4, -0.2) is 75.0 Å². The zero-order valence-corrected chi connectivity index (χ0v) is 25.6. The minimum atomic E-state index is -5.08. The summed E-state index contributed by atoms with van der Waals surface area (Å²) in [5.41, 5.74) is 4.19. The van der Waals surface area contributed by atoms with E-state index in [0.717, 1.165) is 22.2 Å². The maximum Gasteiger partial charge on any atom is 0.490 e. The highest BCUT2D eigenvalue weighted by molar-refractivity contribution is 5.95. The fourth-order valence-electron chi connectivity index (χ4n) is 4.60. The van der Waals surface area contributed by atoms with E-state index in [4.69, 9.17) is 19.4 Å². The molecule has 3 amide bonds. The Bertz CT molecular complexity index is 1560. The van der Waals surface area contributed by atoms with E-state index >= 15 is 0 Å². The molecule has 0 spiro atoms. The van der Waals surface area contributed by atoms with E-state index in [1.165, 1.54) is 4.90 Å². The number of likely N-dealkylation sites (tertiary alicyclic amines) is 1. The smallest absolute Gasteiger partial charge is 0.489 e. The predicted octanol–water partition coefficient (Wildman–Crippen LogP) is 4.62. The second-order valence-electron chi connectivity index (χ2n) is 11.4. The number of carboxylic acids is 1. The molecule has 12 nitrogen and oxygen atoms in total. The molecule has 4 rings (SSSR count). The third kappa shape index (κ3) is 10.1. The first-order valence-electron chi connectivity index (χ1n) is 14.1. The third-order valence-electron chi connectivity index (χ3n) is 6.71. The highest BCUT2D eigenvalue weighted by Crippen LogP contribution is 2.23. The molecule has 46 heavy (non-hydrogen) atoms. The number of aryl methyl sites for hydroxylation is 1. The zero-order valence-electron chi connectivity index (χ0n) is 25.6. The number of alkyl halides is 3. The number of carboxylic acid groups (broad SMARTS) is 1. The summed E-state index contributed by atoms with van der Waals surface area (Å²) < 4.78 is 43.1.